The second kappa shape index (κ2) is 5.11. The van der Waals surface area contributed by atoms with E-state index in [4.69, 9.17) is 16.0 Å². The fourth-order valence-electron chi connectivity index (χ4n) is 2.11. The van der Waals surface area contributed by atoms with E-state index >= 15 is 0 Å². The topological polar surface area (TPSA) is 25.2 Å². The van der Waals surface area contributed by atoms with Gasteiger partial charge in [-0.1, -0.05) is 25.4 Å². The van der Waals surface area contributed by atoms with Crippen molar-refractivity contribution in [3.63, 3.8) is 0 Å². The number of halogens is 1. The second-order valence-electron chi connectivity index (χ2n) is 4.77. The van der Waals surface area contributed by atoms with E-state index in [2.05, 4.69) is 19.2 Å². The van der Waals surface area contributed by atoms with Crippen LogP contribution in [0, 0.1) is 5.92 Å². The quantitative estimate of drug-likeness (QED) is 0.889. The molecule has 1 aromatic carbocycles. The third kappa shape index (κ3) is 2.64. The third-order valence-corrected chi connectivity index (χ3v) is 3.02. The summed E-state index contributed by atoms with van der Waals surface area (Å²) >= 11 is 6.06. The van der Waals surface area contributed by atoms with Crippen molar-refractivity contribution in [3.8, 4) is 0 Å². The molecule has 1 N–H and O–H groups in total. The van der Waals surface area contributed by atoms with E-state index in [0.717, 1.165) is 34.7 Å². The van der Waals surface area contributed by atoms with Gasteiger partial charge in [-0.15, -0.1) is 0 Å². The number of rotatable bonds is 4. The Hall–Kier alpha value is -0.990. The minimum absolute atomic E-state index is 0.602. The van der Waals surface area contributed by atoms with Crippen molar-refractivity contribution >= 4 is 22.6 Å². The van der Waals surface area contributed by atoms with Crippen LogP contribution in [0.25, 0.3) is 11.0 Å². The normalized spacial score (nSPS) is 11.6. The van der Waals surface area contributed by atoms with Crippen LogP contribution in [0.3, 0.4) is 0 Å². The summed E-state index contributed by atoms with van der Waals surface area (Å²) in [6.45, 7) is 5.19. The molecule has 0 aliphatic heterocycles. The Morgan fingerprint density at radius 1 is 1.35 bits per heavy atom. The highest BCUT2D eigenvalue weighted by molar-refractivity contribution is 6.31. The maximum absolute atomic E-state index is 6.06. The molecule has 0 aliphatic rings. The average Bonchev–Trinajstić information content (AvgIpc) is 2.57. The summed E-state index contributed by atoms with van der Waals surface area (Å²) in [6, 6.07) is 5.81. The number of hydrogen-bond donors (Lipinski definition) is 1. The number of fused-ring (bicyclic) bond motifs is 1. The molecule has 2 nitrogen and oxygen atoms in total. The van der Waals surface area contributed by atoms with Crippen LogP contribution in [0.15, 0.2) is 22.6 Å². The lowest BCUT2D eigenvalue weighted by Crippen LogP contribution is -2.07. The van der Waals surface area contributed by atoms with E-state index in [9.17, 15) is 0 Å². The smallest absolute Gasteiger partial charge is 0.134 e. The largest absolute Gasteiger partial charge is 0.459 e. The van der Waals surface area contributed by atoms with Crippen LogP contribution in [0.5, 0.6) is 0 Å². The molecule has 0 atom stereocenters. The van der Waals surface area contributed by atoms with Crippen molar-refractivity contribution in [2.24, 2.45) is 5.92 Å². The van der Waals surface area contributed by atoms with Crippen molar-refractivity contribution < 1.29 is 4.42 Å². The molecule has 3 heteroatoms. The van der Waals surface area contributed by atoms with E-state index in [0.29, 0.717) is 5.92 Å². The molecule has 0 unspecified atom stereocenters. The maximum Gasteiger partial charge on any atom is 0.134 e. The fourth-order valence-corrected chi connectivity index (χ4v) is 2.28. The van der Waals surface area contributed by atoms with Crippen LogP contribution in [0.2, 0.25) is 5.02 Å². The Morgan fingerprint density at radius 3 is 2.76 bits per heavy atom. The van der Waals surface area contributed by atoms with Crippen molar-refractivity contribution in [2.75, 3.05) is 7.05 Å². The monoisotopic (exact) mass is 251 g/mol. The molecule has 1 heterocycles. The lowest BCUT2D eigenvalue weighted by atomic mass is 10.00. The summed E-state index contributed by atoms with van der Waals surface area (Å²) in [7, 11) is 1.93. The van der Waals surface area contributed by atoms with Crippen molar-refractivity contribution in [2.45, 2.75) is 26.8 Å². The van der Waals surface area contributed by atoms with Gasteiger partial charge in [-0.05, 0) is 37.6 Å². The van der Waals surface area contributed by atoms with Crippen LogP contribution >= 0.6 is 11.6 Å². The average molecular weight is 252 g/mol. The van der Waals surface area contributed by atoms with E-state index in [-0.39, 0.29) is 0 Å². The maximum atomic E-state index is 6.06. The highest BCUT2D eigenvalue weighted by atomic mass is 35.5. The molecule has 0 saturated heterocycles. The Labute approximate surface area is 107 Å². The van der Waals surface area contributed by atoms with Crippen LogP contribution in [0.4, 0.5) is 0 Å². The van der Waals surface area contributed by atoms with Crippen LogP contribution < -0.4 is 5.32 Å². The lowest BCUT2D eigenvalue weighted by molar-refractivity contribution is 0.516. The Morgan fingerprint density at radius 2 is 2.12 bits per heavy atom. The highest BCUT2D eigenvalue weighted by Crippen LogP contribution is 2.30. The number of hydrogen-bond acceptors (Lipinski definition) is 2. The number of benzene rings is 1. The van der Waals surface area contributed by atoms with Gasteiger partial charge in [0.15, 0.2) is 0 Å². The number of furan rings is 1. The first-order valence-electron chi connectivity index (χ1n) is 5.96. The zero-order valence-corrected chi connectivity index (χ0v) is 11.3. The van der Waals surface area contributed by atoms with Crippen LogP contribution in [-0.4, -0.2) is 7.05 Å². The molecule has 1 aromatic heterocycles. The van der Waals surface area contributed by atoms with E-state index in [1.807, 2.05) is 25.2 Å². The van der Waals surface area contributed by atoms with Gasteiger partial charge in [0.2, 0.25) is 0 Å². The Kier molecular flexibility index (Phi) is 3.75. The molecule has 0 amide bonds. The third-order valence-electron chi connectivity index (χ3n) is 2.79. The summed E-state index contributed by atoms with van der Waals surface area (Å²) in [5.41, 5.74) is 2.21. The van der Waals surface area contributed by atoms with Crippen molar-refractivity contribution in [3.05, 3.63) is 34.5 Å². The Balaban J connectivity index is 2.55. The van der Waals surface area contributed by atoms with Gasteiger partial charge < -0.3 is 9.73 Å². The molecule has 2 aromatic rings. The molecular formula is C14H18ClNO. The summed E-state index contributed by atoms with van der Waals surface area (Å²) < 4.78 is 5.87. The predicted molar refractivity (Wildman–Crippen MR) is 72.5 cm³/mol. The van der Waals surface area contributed by atoms with Gasteiger partial charge in [-0.2, -0.15) is 0 Å². The van der Waals surface area contributed by atoms with Gasteiger partial charge in [0.05, 0.1) is 6.54 Å². The number of nitrogens with one attached hydrogen (secondary N) is 1. The second-order valence-corrected chi connectivity index (χ2v) is 5.21. The van der Waals surface area contributed by atoms with Gasteiger partial charge in [-0.25, -0.2) is 0 Å². The highest BCUT2D eigenvalue weighted by Gasteiger charge is 2.14. The zero-order valence-electron chi connectivity index (χ0n) is 10.5. The first-order chi connectivity index (χ1) is 8.11. The first-order valence-corrected chi connectivity index (χ1v) is 6.34. The van der Waals surface area contributed by atoms with Gasteiger partial charge in [-0.3, -0.25) is 0 Å². The SMILES string of the molecule is CNCc1oc2ccc(Cl)cc2c1CC(C)C. The molecule has 17 heavy (non-hydrogen) atoms. The minimum Gasteiger partial charge on any atom is -0.459 e. The summed E-state index contributed by atoms with van der Waals surface area (Å²) in [5.74, 6) is 1.63. The minimum atomic E-state index is 0.602. The molecule has 0 fully saturated rings. The van der Waals surface area contributed by atoms with Crippen molar-refractivity contribution in [1.82, 2.24) is 5.32 Å². The fraction of sp³-hybridized carbons (Fsp3) is 0.429. The summed E-state index contributed by atoms with van der Waals surface area (Å²) in [6.07, 6.45) is 1.02. The molecular weight excluding hydrogens is 234 g/mol. The molecule has 0 saturated carbocycles. The first kappa shape index (κ1) is 12.5. The van der Waals surface area contributed by atoms with Crippen LogP contribution in [-0.2, 0) is 13.0 Å². The van der Waals surface area contributed by atoms with E-state index < -0.39 is 0 Å². The van der Waals surface area contributed by atoms with Crippen LogP contribution in [0.1, 0.15) is 25.2 Å². The summed E-state index contributed by atoms with van der Waals surface area (Å²) in [4.78, 5) is 0. The molecule has 92 valence electrons. The molecule has 2 rings (SSSR count). The van der Waals surface area contributed by atoms with E-state index in [1.54, 1.807) is 0 Å². The van der Waals surface area contributed by atoms with Gasteiger partial charge >= 0.3 is 0 Å². The Bertz CT molecular complexity index is 516. The summed E-state index contributed by atoms with van der Waals surface area (Å²) in [5, 5.41) is 5.06. The molecule has 0 bridgehead atoms. The van der Waals surface area contributed by atoms with Gasteiger partial charge in [0.1, 0.15) is 11.3 Å². The van der Waals surface area contributed by atoms with Gasteiger partial charge in [0, 0.05) is 16.0 Å². The predicted octanol–water partition coefficient (Wildman–Crippen LogP) is 4.00. The molecule has 0 aliphatic carbocycles. The molecule has 0 spiro atoms. The van der Waals surface area contributed by atoms with Crippen molar-refractivity contribution in [1.29, 1.82) is 0 Å². The van der Waals surface area contributed by atoms with E-state index in [1.165, 1.54) is 5.56 Å². The molecule has 0 radical (unpaired) electrons. The standard InChI is InChI=1S/C14H18ClNO/c1-9(2)6-11-12-7-10(15)4-5-13(12)17-14(11)8-16-3/h4-5,7,9,16H,6,8H2,1-3H3. The zero-order chi connectivity index (χ0) is 12.4. The van der Waals surface area contributed by atoms with Gasteiger partial charge in [0.25, 0.3) is 0 Å². The lowest BCUT2D eigenvalue weighted by Gasteiger charge is -2.05.